The Kier molecular flexibility index (Phi) is 14.8. The van der Waals surface area contributed by atoms with E-state index in [0.717, 1.165) is 18.2 Å². The van der Waals surface area contributed by atoms with Crippen LogP contribution in [0.5, 0.6) is 0 Å². The summed E-state index contributed by atoms with van der Waals surface area (Å²) in [5.41, 5.74) is -4.53. The number of amides is 1. The van der Waals surface area contributed by atoms with Crippen molar-refractivity contribution in [3.05, 3.63) is 37.1 Å². The Labute approximate surface area is 347 Å². The molecule has 16 heteroatoms. The van der Waals surface area contributed by atoms with Gasteiger partial charge >= 0.3 is 12.1 Å². The summed E-state index contributed by atoms with van der Waals surface area (Å²) in [6, 6.07) is 2.45. The van der Waals surface area contributed by atoms with Crippen LogP contribution < -0.4 is 5.32 Å². The van der Waals surface area contributed by atoms with E-state index >= 15 is 4.39 Å². The number of nitrogens with one attached hydrogen (secondary N) is 1. The number of alkyl halides is 1. The van der Waals surface area contributed by atoms with Crippen molar-refractivity contribution in [2.24, 2.45) is 17.8 Å². The first-order valence-electron chi connectivity index (χ1n) is 21.0. The number of esters is 1. The van der Waals surface area contributed by atoms with Crippen molar-refractivity contribution in [3.63, 3.8) is 0 Å². The Morgan fingerprint density at radius 3 is 2.41 bits per heavy atom. The number of fused-ring (bicyclic) bond motifs is 1. The van der Waals surface area contributed by atoms with Crippen LogP contribution >= 0.6 is 0 Å². The van der Waals surface area contributed by atoms with Gasteiger partial charge in [0.15, 0.2) is 17.7 Å². The Morgan fingerprint density at radius 1 is 1.05 bits per heavy atom. The molecule has 3 fully saturated rings. The molecular weight excluding hydrogens is 765 g/mol. The Morgan fingerprint density at radius 2 is 1.76 bits per heavy atom. The van der Waals surface area contributed by atoms with E-state index in [0.29, 0.717) is 32.4 Å². The lowest BCUT2D eigenvalue weighted by Gasteiger charge is -2.46. The molecule has 1 amide bonds. The van der Waals surface area contributed by atoms with Crippen molar-refractivity contribution in [1.82, 2.24) is 24.8 Å². The number of cyclic esters (lactones) is 1. The normalized spacial score (nSPS) is 37.5. The van der Waals surface area contributed by atoms with Gasteiger partial charge in [0, 0.05) is 68.1 Å². The van der Waals surface area contributed by atoms with Gasteiger partial charge in [-0.25, -0.2) is 19.0 Å². The van der Waals surface area contributed by atoms with Gasteiger partial charge in [0.2, 0.25) is 0 Å². The lowest BCUT2D eigenvalue weighted by atomic mass is 9.73. The highest BCUT2D eigenvalue weighted by Crippen LogP contribution is 2.43. The number of aromatic nitrogens is 3. The smallest absolute Gasteiger partial charge is 0.410 e. The van der Waals surface area contributed by atoms with Gasteiger partial charge < -0.3 is 43.6 Å². The number of unbranched alkanes of at least 4 members (excludes halogenated alkanes) is 1. The van der Waals surface area contributed by atoms with E-state index in [-0.39, 0.29) is 31.3 Å². The number of ether oxygens (including phenoxy) is 5. The van der Waals surface area contributed by atoms with E-state index in [2.05, 4.69) is 15.3 Å². The SMILES string of the molecule is CCN[C@H]1C[C@@H](C)O[C@@H](O[C@@H]2[C@H](C)C(=O)[C@](C)(F)C(=O)O[C@H](CC)[C@@]3(C)OC(=O)N(CCCCn4cnc(-c5cccnc5)c4)C3[C@@H](C)C(=O)[C@H](C)C[C@@]2(C)OC)[C@H]1O. The molecule has 15 nitrogen and oxygen atoms in total. The standard InChI is InChI=1S/C43H64FN5O10/c1-11-32-43(9)35(49(40(54)59-43)19-14-13-18-48-23-31(47-24-48)29-16-15-17-45-22-29)27(5)33(50)25(3)21-41(7,55-10)37(28(6)36(52)42(8,44)39(53)57-32)58-38-34(51)30(46-12-2)20-26(4)56-38/h15-17,22-28,30,32,34-35,37-38,46,51H,11-14,18-21H2,1-10H3/t25-,26-,27+,28-,30+,32-,34+,35?,37-,38+,41-,42+,43-/m1/s1. The van der Waals surface area contributed by atoms with Crippen LogP contribution in [0.25, 0.3) is 11.3 Å². The number of methoxy groups -OCH3 is 1. The molecule has 2 N–H and O–H groups in total. The molecule has 0 aliphatic carbocycles. The molecule has 5 rings (SSSR count). The number of hydrogen-bond donors (Lipinski definition) is 2. The number of carbonyl (C=O) groups is 4. The molecule has 2 aromatic rings. The van der Waals surface area contributed by atoms with Crippen LogP contribution in [0.2, 0.25) is 0 Å². The first-order chi connectivity index (χ1) is 27.8. The van der Waals surface area contributed by atoms with Gasteiger partial charge in [-0.05, 0) is 78.5 Å². The van der Waals surface area contributed by atoms with Gasteiger partial charge in [-0.2, -0.15) is 0 Å². The van der Waals surface area contributed by atoms with E-state index in [4.69, 9.17) is 23.7 Å². The lowest BCUT2D eigenvalue weighted by molar-refractivity contribution is -0.290. The monoisotopic (exact) mass is 829 g/mol. The number of imidazole rings is 1. The summed E-state index contributed by atoms with van der Waals surface area (Å²) in [6.45, 7) is 15.8. The predicted octanol–water partition coefficient (Wildman–Crippen LogP) is 5.07. The van der Waals surface area contributed by atoms with Gasteiger partial charge in [-0.1, -0.05) is 34.6 Å². The highest BCUT2D eigenvalue weighted by atomic mass is 19.1. The van der Waals surface area contributed by atoms with Crippen molar-refractivity contribution in [3.8, 4) is 11.3 Å². The van der Waals surface area contributed by atoms with Crippen LogP contribution in [0.3, 0.4) is 0 Å². The molecule has 3 saturated heterocycles. The second kappa shape index (κ2) is 18.8. The Balaban J connectivity index is 1.45. The van der Waals surface area contributed by atoms with Crippen LogP contribution in [0, 0.1) is 17.8 Å². The van der Waals surface area contributed by atoms with Gasteiger partial charge in [0.05, 0.1) is 35.9 Å². The molecule has 1 unspecified atom stereocenters. The second-order valence-corrected chi connectivity index (χ2v) is 17.2. The number of Topliss-reactive ketones (excluding diaryl/α,β-unsaturated/α-hetero) is 2. The van der Waals surface area contributed by atoms with Crippen molar-refractivity contribution in [2.75, 3.05) is 20.2 Å². The van der Waals surface area contributed by atoms with E-state index in [9.17, 15) is 24.3 Å². The van der Waals surface area contributed by atoms with E-state index in [1.54, 1.807) is 53.3 Å². The number of hydrogen-bond acceptors (Lipinski definition) is 13. The zero-order valence-corrected chi connectivity index (χ0v) is 36.2. The summed E-state index contributed by atoms with van der Waals surface area (Å²) in [6.07, 6.45) is 2.90. The summed E-state index contributed by atoms with van der Waals surface area (Å²) in [5, 5.41) is 14.6. The van der Waals surface area contributed by atoms with Crippen LogP contribution in [-0.2, 0) is 44.6 Å². The quantitative estimate of drug-likeness (QED) is 0.165. The number of nitrogens with zero attached hydrogens (tertiary/aromatic N) is 4. The largest absolute Gasteiger partial charge is 0.455 e. The third-order valence-corrected chi connectivity index (χ3v) is 12.7. The summed E-state index contributed by atoms with van der Waals surface area (Å²) in [5.74, 6) is -5.78. The maximum Gasteiger partial charge on any atom is 0.410 e. The third-order valence-electron chi connectivity index (χ3n) is 12.7. The fourth-order valence-electron chi connectivity index (χ4n) is 9.41. The number of ketones is 2. The average molecular weight is 830 g/mol. The molecule has 3 aliphatic heterocycles. The van der Waals surface area contributed by atoms with Crippen molar-refractivity contribution in [2.45, 2.75) is 161 Å². The molecule has 328 valence electrons. The maximum atomic E-state index is 16.9. The molecule has 0 spiro atoms. The number of likely N-dealkylation sites (N-methyl/N-ethyl adjacent to an activating group) is 1. The molecule has 5 heterocycles. The number of aliphatic hydroxyl groups excluding tert-OH is 1. The van der Waals surface area contributed by atoms with E-state index in [1.165, 1.54) is 18.9 Å². The maximum absolute atomic E-state index is 16.9. The number of pyridine rings is 1. The first kappa shape index (κ1) is 46.2. The van der Waals surface area contributed by atoms with Crippen LogP contribution in [0.15, 0.2) is 37.1 Å². The highest BCUT2D eigenvalue weighted by molar-refractivity contribution is 6.08. The molecule has 59 heavy (non-hydrogen) atoms. The van der Waals surface area contributed by atoms with E-state index in [1.807, 2.05) is 36.7 Å². The van der Waals surface area contributed by atoms with E-state index < -0.39 is 89.2 Å². The Bertz CT molecular complexity index is 1780. The molecule has 0 bridgehead atoms. The fourth-order valence-corrected chi connectivity index (χ4v) is 9.41. The van der Waals surface area contributed by atoms with Crippen molar-refractivity contribution in [1.29, 1.82) is 0 Å². The topological polar surface area (TPSA) is 181 Å². The number of halogens is 1. The molecule has 13 atom stereocenters. The zero-order chi connectivity index (χ0) is 43.4. The Hall–Kier alpha value is -3.83. The zero-order valence-electron chi connectivity index (χ0n) is 36.2. The number of rotatable bonds is 12. The summed E-state index contributed by atoms with van der Waals surface area (Å²) in [4.78, 5) is 66.8. The number of aliphatic hydroxyl groups is 1. The summed E-state index contributed by atoms with van der Waals surface area (Å²) >= 11 is 0. The minimum absolute atomic E-state index is 0.00119. The van der Waals surface area contributed by atoms with Gasteiger partial charge in [0.25, 0.3) is 5.67 Å². The molecule has 0 radical (unpaired) electrons. The summed E-state index contributed by atoms with van der Waals surface area (Å²) < 4.78 is 49.4. The first-order valence-corrected chi connectivity index (χ1v) is 21.0. The fraction of sp³-hybridized carbons (Fsp3) is 0.721. The minimum Gasteiger partial charge on any atom is -0.455 e. The van der Waals surface area contributed by atoms with Crippen LogP contribution in [-0.4, -0.2) is 128 Å². The van der Waals surface area contributed by atoms with Gasteiger partial charge in [0.1, 0.15) is 18.0 Å². The molecule has 2 aromatic heterocycles. The number of carbonyl (C=O) groups excluding carboxylic acids is 4. The van der Waals surface area contributed by atoms with Crippen LogP contribution in [0.1, 0.15) is 94.4 Å². The molecule has 3 aliphatic rings. The van der Waals surface area contributed by atoms with Crippen LogP contribution in [0.4, 0.5) is 9.18 Å². The third kappa shape index (κ3) is 9.56. The van der Waals surface area contributed by atoms with Crippen molar-refractivity contribution < 1.29 is 52.4 Å². The van der Waals surface area contributed by atoms with Gasteiger partial charge in [-0.3, -0.25) is 14.6 Å². The lowest BCUT2D eigenvalue weighted by Crippen LogP contribution is -2.62. The second-order valence-electron chi connectivity index (χ2n) is 17.2. The molecule has 0 aromatic carbocycles. The molecule has 0 saturated carbocycles. The number of aryl methyl sites for hydroxylation is 1. The van der Waals surface area contributed by atoms with Crippen molar-refractivity contribution >= 4 is 23.6 Å². The minimum atomic E-state index is -3.18. The summed E-state index contributed by atoms with van der Waals surface area (Å²) in [7, 11) is 1.40. The molecular formula is C43H64FN5O10. The highest BCUT2D eigenvalue weighted by Gasteiger charge is 2.61. The van der Waals surface area contributed by atoms with Gasteiger partial charge in [-0.15, -0.1) is 0 Å². The average Bonchev–Trinajstić information content (AvgIpc) is 3.79. The predicted molar refractivity (Wildman–Crippen MR) is 215 cm³/mol.